The van der Waals surface area contributed by atoms with Crippen LogP contribution in [-0.2, 0) is 9.59 Å². The third kappa shape index (κ3) is 7.16. The fraction of sp³-hybridized carbons (Fsp3) is 0.391. The van der Waals surface area contributed by atoms with Gasteiger partial charge in [-0.05, 0) is 38.8 Å². The molecular formula is C23H32N3O2+. The number of benzene rings is 2. The van der Waals surface area contributed by atoms with Crippen LogP contribution in [0.4, 0.5) is 0 Å². The minimum Gasteiger partial charge on any atom is -0.347 e. The second kappa shape index (κ2) is 10.0. The van der Waals surface area contributed by atoms with Crippen molar-refractivity contribution in [2.45, 2.75) is 39.3 Å². The van der Waals surface area contributed by atoms with E-state index in [4.69, 9.17) is 0 Å². The molecule has 0 aliphatic heterocycles. The van der Waals surface area contributed by atoms with E-state index in [1.807, 2.05) is 88.4 Å². The average molecular weight is 383 g/mol. The third-order valence-electron chi connectivity index (χ3n) is 4.41. The van der Waals surface area contributed by atoms with Crippen LogP contribution in [-0.4, -0.2) is 37.0 Å². The highest BCUT2D eigenvalue weighted by Gasteiger charge is 2.22. The predicted octanol–water partition coefficient (Wildman–Crippen LogP) is 1.71. The first-order valence-electron chi connectivity index (χ1n) is 9.82. The first-order chi connectivity index (χ1) is 13.3. The average Bonchev–Trinajstić information content (AvgIpc) is 2.65. The van der Waals surface area contributed by atoms with Gasteiger partial charge in [-0.25, -0.2) is 0 Å². The molecule has 5 heteroatoms. The second-order valence-corrected chi connectivity index (χ2v) is 8.08. The van der Waals surface area contributed by atoms with Gasteiger partial charge < -0.3 is 15.5 Å². The lowest BCUT2D eigenvalue weighted by atomic mass is 9.99. The van der Waals surface area contributed by atoms with Crippen molar-refractivity contribution in [2.75, 3.05) is 19.6 Å². The molecule has 0 fully saturated rings. The molecule has 0 heterocycles. The van der Waals surface area contributed by atoms with E-state index in [2.05, 4.69) is 10.6 Å². The highest BCUT2D eigenvalue weighted by molar-refractivity contribution is 5.79. The van der Waals surface area contributed by atoms with E-state index in [9.17, 15) is 9.59 Å². The molecule has 2 rings (SSSR count). The minimum absolute atomic E-state index is 0.0418. The van der Waals surface area contributed by atoms with Gasteiger partial charge in [-0.15, -0.1) is 0 Å². The summed E-state index contributed by atoms with van der Waals surface area (Å²) in [5, 5.41) is 6.10. The lowest BCUT2D eigenvalue weighted by Gasteiger charge is -2.24. The van der Waals surface area contributed by atoms with E-state index < -0.39 is 0 Å². The molecule has 1 unspecified atom stereocenters. The van der Waals surface area contributed by atoms with Gasteiger partial charge in [-0.1, -0.05) is 60.7 Å². The molecule has 0 aromatic heterocycles. The zero-order valence-corrected chi connectivity index (χ0v) is 17.3. The Morgan fingerprint density at radius 1 is 0.857 bits per heavy atom. The normalized spacial score (nSPS) is 12.5. The summed E-state index contributed by atoms with van der Waals surface area (Å²) in [6.45, 7) is 9.08. The Morgan fingerprint density at radius 3 is 1.75 bits per heavy atom. The fourth-order valence-electron chi connectivity index (χ4n) is 3.09. The molecule has 2 amide bonds. The van der Waals surface area contributed by atoms with Crippen molar-refractivity contribution >= 4 is 11.8 Å². The zero-order valence-electron chi connectivity index (χ0n) is 17.3. The van der Waals surface area contributed by atoms with Gasteiger partial charge >= 0.3 is 0 Å². The van der Waals surface area contributed by atoms with E-state index >= 15 is 0 Å². The Bertz CT molecular complexity index is 715. The van der Waals surface area contributed by atoms with Crippen LogP contribution >= 0.6 is 0 Å². The summed E-state index contributed by atoms with van der Waals surface area (Å²) >= 11 is 0. The van der Waals surface area contributed by atoms with Gasteiger partial charge in [0.2, 0.25) is 0 Å². The summed E-state index contributed by atoms with van der Waals surface area (Å²) in [5.74, 6) is -0.113. The molecule has 0 aliphatic carbocycles. The summed E-state index contributed by atoms with van der Waals surface area (Å²) in [6, 6.07) is 19.6. The number of rotatable bonds is 8. The number of quaternary nitrogens is 1. The quantitative estimate of drug-likeness (QED) is 0.651. The molecule has 0 spiro atoms. The number of carbonyl (C=O) groups excluding carboxylic acids is 2. The van der Waals surface area contributed by atoms with Gasteiger partial charge in [0.25, 0.3) is 11.8 Å². The molecule has 0 radical (unpaired) electrons. The van der Waals surface area contributed by atoms with Crippen LogP contribution in [0, 0.1) is 0 Å². The van der Waals surface area contributed by atoms with Crippen LogP contribution in [0.3, 0.4) is 0 Å². The van der Waals surface area contributed by atoms with Gasteiger partial charge in [0, 0.05) is 5.54 Å². The van der Waals surface area contributed by atoms with Crippen molar-refractivity contribution in [1.29, 1.82) is 0 Å². The molecule has 0 bridgehead atoms. The Balaban J connectivity index is 2.05. The number of likely N-dealkylation sites (N-methyl/N-ethyl adjacent to an activating group) is 1. The first-order valence-corrected chi connectivity index (χ1v) is 9.82. The van der Waals surface area contributed by atoms with Crippen molar-refractivity contribution in [2.24, 2.45) is 0 Å². The number of carbonyl (C=O) groups is 2. The molecule has 28 heavy (non-hydrogen) atoms. The number of amides is 2. The van der Waals surface area contributed by atoms with Gasteiger partial charge in [-0.3, -0.25) is 9.59 Å². The van der Waals surface area contributed by atoms with Gasteiger partial charge in [0.05, 0.1) is 12.6 Å². The zero-order chi connectivity index (χ0) is 20.6. The standard InChI is InChI=1S/C23H31N3O2/c1-5-26(17-21(28)25-23(2,3)4)16-20(27)24-22(18-12-8-6-9-13-18)19-14-10-7-11-15-19/h6-15,22H,5,16-17H2,1-4H3,(H,24,27)(H,25,28)/p+1. The van der Waals surface area contributed by atoms with E-state index in [1.165, 1.54) is 0 Å². The van der Waals surface area contributed by atoms with E-state index in [-0.39, 0.29) is 36.5 Å². The number of nitrogens with one attached hydrogen (secondary N) is 3. The number of hydrogen-bond donors (Lipinski definition) is 3. The van der Waals surface area contributed by atoms with E-state index in [0.717, 1.165) is 16.0 Å². The van der Waals surface area contributed by atoms with Crippen molar-refractivity contribution in [3.05, 3.63) is 71.8 Å². The molecule has 0 saturated heterocycles. The van der Waals surface area contributed by atoms with Crippen LogP contribution in [0.1, 0.15) is 44.9 Å². The van der Waals surface area contributed by atoms with Crippen LogP contribution < -0.4 is 15.5 Å². The van der Waals surface area contributed by atoms with Crippen LogP contribution in [0.25, 0.3) is 0 Å². The lowest BCUT2D eigenvalue weighted by Crippen LogP contribution is -3.14. The van der Waals surface area contributed by atoms with Crippen molar-refractivity contribution in [1.82, 2.24) is 10.6 Å². The van der Waals surface area contributed by atoms with E-state index in [0.29, 0.717) is 6.54 Å². The number of hydrogen-bond acceptors (Lipinski definition) is 2. The molecule has 150 valence electrons. The molecule has 2 aromatic rings. The molecule has 0 saturated carbocycles. The first kappa shape index (κ1) is 21.6. The van der Waals surface area contributed by atoms with Crippen LogP contribution in [0.15, 0.2) is 60.7 Å². The fourth-order valence-corrected chi connectivity index (χ4v) is 3.09. The molecular weight excluding hydrogens is 350 g/mol. The lowest BCUT2D eigenvalue weighted by molar-refractivity contribution is -0.881. The molecule has 2 aromatic carbocycles. The maximum atomic E-state index is 12.8. The smallest absolute Gasteiger partial charge is 0.275 e. The van der Waals surface area contributed by atoms with Gasteiger partial charge in [0.15, 0.2) is 13.1 Å². The summed E-state index contributed by atoms with van der Waals surface area (Å²) in [7, 11) is 0. The molecule has 0 aliphatic rings. The van der Waals surface area contributed by atoms with Gasteiger partial charge in [-0.2, -0.15) is 0 Å². The largest absolute Gasteiger partial charge is 0.347 e. The Morgan fingerprint density at radius 2 is 1.32 bits per heavy atom. The maximum absolute atomic E-state index is 12.8. The summed E-state index contributed by atoms with van der Waals surface area (Å²) < 4.78 is 0. The molecule has 3 N–H and O–H groups in total. The van der Waals surface area contributed by atoms with Crippen LogP contribution in [0.5, 0.6) is 0 Å². The monoisotopic (exact) mass is 382 g/mol. The maximum Gasteiger partial charge on any atom is 0.275 e. The van der Waals surface area contributed by atoms with E-state index in [1.54, 1.807) is 0 Å². The summed E-state index contributed by atoms with van der Waals surface area (Å²) in [6.07, 6.45) is 0. The Kier molecular flexibility index (Phi) is 7.76. The summed E-state index contributed by atoms with van der Waals surface area (Å²) in [4.78, 5) is 25.9. The summed E-state index contributed by atoms with van der Waals surface area (Å²) in [5.41, 5.74) is 1.79. The van der Waals surface area contributed by atoms with Crippen molar-refractivity contribution in [3.8, 4) is 0 Å². The SMILES string of the molecule is CC[NH+](CC(=O)NC(c1ccccc1)c1ccccc1)CC(=O)NC(C)(C)C. The highest BCUT2D eigenvalue weighted by Crippen LogP contribution is 2.21. The molecule has 5 nitrogen and oxygen atoms in total. The van der Waals surface area contributed by atoms with Gasteiger partial charge in [0.1, 0.15) is 0 Å². The predicted molar refractivity (Wildman–Crippen MR) is 112 cm³/mol. The van der Waals surface area contributed by atoms with Crippen molar-refractivity contribution < 1.29 is 14.5 Å². The van der Waals surface area contributed by atoms with Crippen LogP contribution in [0.2, 0.25) is 0 Å². The Hall–Kier alpha value is -2.66. The van der Waals surface area contributed by atoms with Crippen molar-refractivity contribution in [3.63, 3.8) is 0 Å². The second-order valence-electron chi connectivity index (χ2n) is 8.08. The minimum atomic E-state index is -0.274. The third-order valence-corrected chi connectivity index (χ3v) is 4.41. The molecule has 1 atom stereocenters. The highest BCUT2D eigenvalue weighted by atomic mass is 16.2. The Labute approximate surface area is 168 Å². The topological polar surface area (TPSA) is 62.6 Å².